The van der Waals surface area contributed by atoms with Gasteiger partial charge < -0.3 is 20.6 Å². The summed E-state index contributed by atoms with van der Waals surface area (Å²) < 4.78 is 13.5. The molecule has 8 heteroatoms. The summed E-state index contributed by atoms with van der Waals surface area (Å²) >= 11 is 12.0. The number of para-hydroxylation sites is 2. The van der Waals surface area contributed by atoms with Crippen molar-refractivity contribution in [3.8, 4) is 11.1 Å². The molecule has 37 heavy (non-hydrogen) atoms. The van der Waals surface area contributed by atoms with E-state index in [-0.39, 0.29) is 5.02 Å². The van der Waals surface area contributed by atoms with Crippen molar-refractivity contribution in [2.24, 2.45) is 0 Å². The Morgan fingerprint density at radius 2 is 1.70 bits per heavy atom. The number of imidazole rings is 1. The van der Waals surface area contributed by atoms with Crippen molar-refractivity contribution < 1.29 is 4.39 Å². The number of nitrogens with zero attached hydrogens (tertiary/aromatic N) is 1. The molecule has 2 heterocycles. The predicted molar refractivity (Wildman–Crippen MR) is 152 cm³/mol. The van der Waals surface area contributed by atoms with E-state index in [1.807, 2.05) is 54.7 Å². The molecule has 0 saturated carbocycles. The first-order valence-corrected chi connectivity index (χ1v) is 12.2. The summed E-state index contributed by atoms with van der Waals surface area (Å²) in [4.78, 5) is 11.5. The Kier molecular flexibility index (Phi) is 5.83. The van der Waals surface area contributed by atoms with Crippen molar-refractivity contribution in [2.45, 2.75) is 0 Å². The number of rotatable bonds is 6. The van der Waals surface area contributed by atoms with Crippen molar-refractivity contribution in [1.82, 2.24) is 15.0 Å². The molecule has 0 bridgehead atoms. The number of benzene rings is 4. The van der Waals surface area contributed by atoms with Crippen LogP contribution in [0.25, 0.3) is 38.8 Å². The van der Waals surface area contributed by atoms with Crippen molar-refractivity contribution in [3.63, 3.8) is 0 Å². The number of aromatic amines is 2. The van der Waals surface area contributed by atoms with Gasteiger partial charge in [0.1, 0.15) is 5.82 Å². The van der Waals surface area contributed by atoms with E-state index in [1.54, 1.807) is 6.07 Å². The van der Waals surface area contributed by atoms with Gasteiger partial charge in [-0.25, -0.2) is 9.37 Å². The van der Waals surface area contributed by atoms with E-state index in [9.17, 15) is 4.39 Å². The van der Waals surface area contributed by atoms with Gasteiger partial charge in [-0.05, 0) is 42.0 Å². The molecule has 0 aliphatic heterocycles. The molecule has 6 rings (SSSR count). The highest BCUT2D eigenvalue weighted by atomic mass is 35.5. The Balaban J connectivity index is 1.35. The zero-order chi connectivity index (χ0) is 25.5. The van der Waals surface area contributed by atoms with E-state index < -0.39 is 5.82 Å². The third kappa shape index (κ3) is 4.42. The fraction of sp³-hybridized carbons (Fsp3) is 0. The largest absolute Gasteiger partial charge is 0.359 e. The average molecular weight is 528 g/mol. The Hall–Kier alpha value is -4.26. The Labute approximate surface area is 222 Å². The van der Waals surface area contributed by atoms with Crippen molar-refractivity contribution >= 4 is 68.2 Å². The molecule has 5 nitrogen and oxygen atoms in total. The van der Waals surface area contributed by atoms with E-state index in [4.69, 9.17) is 28.2 Å². The first-order chi connectivity index (χ1) is 18.0. The minimum absolute atomic E-state index is 0.0448. The average Bonchev–Trinajstić information content (AvgIpc) is 3.50. The lowest BCUT2D eigenvalue weighted by atomic mass is 10.0. The Morgan fingerprint density at radius 1 is 0.919 bits per heavy atom. The second kappa shape index (κ2) is 9.32. The highest BCUT2D eigenvalue weighted by molar-refractivity contribution is 6.31. The van der Waals surface area contributed by atoms with Gasteiger partial charge in [-0.15, -0.1) is 0 Å². The second-order valence-electron chi connectivity index (χ2n) is 8.58. The molecule has 4 aromatic carbocycles. The number of halogens is 3. The second-order valence-corrected chi connectivity index (χ2v) is 9.43. The fourth-order valence-electron chi connectivity index (χ4n) is 4.39. The topological polar surface area (TPSA) is 68.5 Å². The molecule has 0 atom stereocenters. The van der Waals surface area contributed by atoms with Crippen molar-refractivity contribution in [2.75, 3.05) is 10.6 Å². The van der Waals surface area contributed by atoms with Crippen LogP contribution in [-0.2, 0) is 0 Å². The van der Waals surface area contributed by atoms with Crippen LogP contribution in [0.5, 0.6) is 0 Å². The van der Waals surface area contributed by atoms with Crippen LogP contribution in [0.15, 0.2) is 91.6 Å². The molecular weight excluding hydrogens is 508 g/mol. The summed E-state index contributed by atoms with van der Waals surface area (Å²) in [5.74, 6) is 0.0640. The molecule has 0 unspecified atom stereocenters. The standard InChI is InChI=1S/C29H20Cl2FN5/c1-16(17-8-10-18(30)11-9-17)34-26-15-33-27-20(4-2-6-22(26)27)21-5-3-7-25-28(21)37-29(36-25)35-19-12-13-24(32)23(31)14-19/h2-15,33-34H,1H2,(H2,35,36,37). The number of fused-ring (bicyclic) bond motifs is 2. The van der Waals surface area contributed by atoms with Gasteiger partial charge in [0.2, 0.25) is 5.95 Å². The van der Waals surface area contributed by atoms with E-state index in [2.05, 4.69) is 39.3 Å². The van der Waals surface area contributed by atoms with E-state index in [0.717, 1.165) is 50.0 Å². The predicted octanol–water partition coefficient (Wildman–Crippen LogP) is 8.98. The summed E-state index contributed by atoms with van der Waals surface area (Å²) in [7, 11) is 0. The van der Waals surface area contributed by atoms with Crippen LogP contribution >= 0.6 is 23.2 Å². The van der Waals surface area contributed by atoms with Crippen LogP contribution in [0.2, 0.25) is 10.0 Å². The lowest BCUT2D eigenvalue weighted by Crippen LogP contribution is -1.96. The molecule has 0 aliphatic rings. The van der Waals surface area contributed by atoms with Gasteiger partial charge in [-0.2, -0.15) is 0 Å². The zero-order valence-corrected chi connectivity index (χ0v) is 20.9. The molecule has 4 N–H and O–H groups in total. The van der Waals surface area contributed by atoms with Crippen LogP contribution < -0.4 is 10.6 Å². The first kappa shape index (κ1) is 23.2. The fourth-order valence-corrected chi connectivity index (χ4v) is 4.69. The molecule has 2 aromatic heterocycles. The molecule has 0 fully saturated rings. The first-order valence-electron chi connectivity index (χ1n) is 11.5. The maximum Gasteiger partial charge on any atom is 0.205 e. The Morgan fingerprint density at radius 3 is 2.51 bits per heavy atom. The molecular formula is C29H20Cl2FN5. The van der Waals surface area contributed by atoms with Gasteiger partial charge in [-0.1, -0.05) is 72.2 Å². The lowest BCUT2D eigenvalue weighted by molar-refractivity contribution is 0.628. The number of anilines is 3. The maximum atomic E-state index is 13.5. The molecule has 0 amide bonds. The zero-order valence-electron chi connectivity index (χ0n) is 19.4. The van der Waals surface area contributed by atoms with Crippen LogP contribution in [0, 0.1) is 5.82 Å². The summed E-state index contributed by atoms with van der Waals surface area (Å²) in [6.07, 6.45) is 1.94. The Bertz CT molecular complexity index is 1790. The highest BCUT2D eigenvalue weighted by Crippen LogP contribution is 2.36. The minimum atomic E-state index is -0.469. The lowest BCUT2D eigenvalue weighted by Gasteiger charge is -2.10. The molecule has 0 radical (unpaired) electrons. The molecule has 0 saturated heterocycles. The van der Waals surface area contributed by atoms with E-state index >= 15 is 0 Å². The van der Waals surface area contributed by atoms with Gasteiger partial charge in [0.25, 0.3) is 0 Å². The summed E-state index contributed by atoms with van der Waals surface area (Å²) in [6.45, 7) is 4.19. The van der Waals surface area contributed by atoms with Gasteiger partial charge in [0.05, 0.1) is 27.3 Å². The number of H-pyrrole nitrogens is 2. The molecule has 6 aromatic rings. The van der Waals surface area contributed by atoms with Crippen LogP contribution in [0.3, 0.4) is 0 Å². The van der Waals surface area contributed by atoms with Crippen molar-refractivity contribution in [3.05, 3.63) is 113 Å². The van der Waals surface area contributed by atoms with Crippen LogP contribution in [-0.4, -0.2) is 15.0 Å². The number of aromatic nitrogens is 3. The van der Waals surface area contributed by atoms with Gasteiger partial charge in [0, 0.05) is 39.1 Å². The molecule has 182 valence electrons. The minimum Gasteiger partial charge on any atom is -0.359 e. The summed E-state index contributed by atoms with van der Waals surface area (Å²) in [6, 6.07) is 24.1. The van der Waals surface area contributed by atoms with Gasteiger partial charge in [-0.3, -0.25) is 0 Å². The number of nitrogens with one attached hydrogen (secondary N) is 4. The van der Waals surface area contributed by atoms with Crippen LogP contribution in [0.4, 0.5) is 21.7 Å². The third-order valence-electron chi connectivity index (χ3n) is 6.18. The number of hydrogen-bond acceptors (Lipinski definition) is 3. The van der Waals surface area contributed by atoms with E-state index in [1.165, 1.54) is 12.1 Å². The smallest absolute Gasteiger partial charge is 0.205 e. The molecule has 0 spiro atoms. The van der Waals surface area contributed by atoms with Crippen LogP contribution in [0.1, 0.15) is 5.56 Å². The van der Waals surface area contributed by atoms with E-state index in [0.29, 0.717) is 16.7 Å². The normalized spacial score (nSPS) is 11.2. The van der Waals surface area contributed by atoms with Gasteiger partial charge in [0.15, 0.2) is 0 Å². The summed E-state index contributed by atoms with van der Waals surface area (Å²) in [5.41, 5.74) is 7.91. The highest BCUT2D eigenvalue weighted by Gasteiger charge is 2.15. The number of hydrogen-bond donors (Lipinski definition) is 4. The monoisotopic (exact) mass is 527 g/mol. The maximum absolute atomic E-state index is 13.5. The third-order valence-corrected chi connectivity index (χ3v) is 6.72. The van der Waals surface area contributed by atoms with Gasteiger partial charge >= 0.3 is 0 Å². The quantitative estimate of drug-likeness (QED) is 0.174. The SMILES string of the molecule is C=C(Nc1c[nH]c2c(-c3cccc4[nH]c(Nc5ccc(F)c(Cl)c5)nc34)cccc12)c1ccc(Cl)cc1. The summed E-state index contributed by atoms with van der Waals surface area (Å²) in [5, 5.41) is 8.34. The van der Waals surface area contributed by atoms with Crippen molar-refractivity contribution in [1.29, 1.82) is 0 Å². The molecule has 0 aliphatic carbocycles.